The van der Waals surface area contributed by atoms with Crippen LogP contribution in [0.5, 0.6) is 5.75 Å². The molecule has 7 heteroatoms. The van der Waals surface area contributed by atoms with Crippen LogP contribution in [0.2, 0.25) is 0 Å². The van der Waals surface area contributed by atoms with Crippen LogP contribution in [0.4, 0.5) is 10.5 Å². The Morgan fingerprint density at radius 3 is 2.26 bits per heavy atom. The second kappa shape index (κ2) is 12.1. The highest BCUT2D eigenvalue weighted by atomic mass is 16.5. The fraction of sp³-hybridized carbons (Fsp3) is 0.312. The van der Waals surface area contributed by atoms with Gasteiger partial charge in [-0.1, -0.05) is 42.2 Å². The van der Waals surface area contributed by atoms with Gasteiger partial charge in [0.05, 0.1) is 13.5 Å². The van der Waals surface area contributed by atoms with Crippen molar-refractivity contribution in [2.45, 2.75) is 37.3 Å². The monoisotopic (exact) mass is 523 g/mol. The maximum atomic E-state index is 13.3. The lowest BCUT2D eigenvalue weighted by molar-refractivity contribution is -0.142. The summed E-state index contributed by atoms with van der Waals surface area (Å²) in [5, 5.41) is 12.7. The molecule has 3 aromatic carbocycles. The predicted octanol–water partition coefficient (Wildman–Crippen LogP) is 5.03. The van der Waals surface area contributed by atoms with Gasteiger partial charge in [0.15, 0.2) is 0 Å². The molecule has 7 nitrogen and oxygen atoms in total. The molecular formula is C32H33N3O4. The summed E-state index contributed by atoms with van der Waals surface area (Å²) in [5.74, 6) is 6.34. The van der Waals surface area contributed by atoms with E-state index in [-0.39, 0.29) is 30.5 Å². The molecule has 5 rings (SSSR count). The second-order valence-corrected chi connectivity index (χ2v) is 10.0. The van der Waals surface area contributed by atoms with Crippen LogP contribution in [0.1, 0.15) is 41.9 Å². The normalized spacial score (nSPS) is 20.7. The summed E-state index contributed by atoms with van der Waals surface area (Å²) in [6, 6.07) is 25.1. The summed E-state index contributed by atoms with van der Waals surface area (Å²) in [4.78, 5) is 29.2. The van der Waals surface area contributed by atoms with Gasteiger partial charge >= 0.3 is 12.0 Å². The van der Waals surface area contributed by atoms with Crippen LogP contribution in [0.3, 0.4) is 0 Å². The molecule has 2 amide bonds. The Balaban J connectivity index is 1.34. The highest BCUT2D eigenvalue weighted by molar-refractivity contribution is 5.89. The van der Waals surface area contributed by atoms with Crippen molar-refractivity contribution in [2.75, 3.05) is 32.1 Å². The molecule has 39 heavy (non-hydrogen) atoms. The number of nitrogens with zero attached hydrogens (tertiary/aromatic N) is 2. The van der Waals surface area contributed by atoms with Gasteiger partial charge in [0, 0.05) is 47.9 Å². The smallest absolute Gasteiger partial charge is 0.321 e. The first kappa shape index (κ1) is 26.3. The van der Waals surface area contributed by atoms with E-state index in [1.807, 2.05) is 71.6 Å². The lowest BCUT2D eigenvalue weighted by atomic mass is 9.72. The van der Waals surface area contributed by atoms with E-state index in [0.717, 1.165) is 41.8 Å². The Labute approximate surface area is 229 Å². The van der Waals surface area contributed by atoms with Gasteiger partial charge in [0.1, 0.15) is 5.75 Å². The largest absolute Gasteiger partial charge is 0.497 e. The van der Waals surface area contributed by atoms with Crippen LogP contribution in [-0.2, 0) is 4.79 Å². The first-order chi connectivity index (χ1) is 19.0. The third kappa shape index (κ3) is 6.24. The molecular weight excluding hydrogens is 490 g/mol. The number of nitrogens with one attached hydrogen (secondary N) is 1. The summed E-state index contributed by atoms with van der Waals surface area (Å²) in [5.41, 5.74) is 3.66. The molecule has 0 saturated carbocycles. The molecule has 3 atom stereocenters. The van der Waals surface area contributed by atoms with E-state index in [9.17, 15) is 14.7 Å². The summed E-state index contributed by atoms with van der Waals surface area (Å²) in [6.07, 6.45) is 1.87. The van der Waals surface area contributed by atoms with Gasteiger partial charge in [-0.2, -0.15) is 0 Å². The minimum atomic E-state index is -0.801. The Bertz CT molecular complexity index is 1350. The molecule has 200 valence electrons. The summed E-state index contributed by atoms with van der Waals surface area (Å²) < 4.78 is 5.21. The number of carbonyl (C=O) groups is 2. The Hall–Kier alpha value is -4.28. The molecule has 0 radical (unpaired) electrons. The molecule has 2 fully saturated rings. The minimum absolute atomic E-state index is 0.0200. The standard InChI is InChI=1S/C32H33N3O4/c1-39-27-17-15-26(16-18-27)33-32(38)34-19-5-6-20-35-28(21-30(36)37)31(29(35)22-34)25-13-11-24(12-14-25)10-9-23-7-3-2-4-8-23/h2-4,7-8,11-18,28-29,31H,5-6,19-22H2,1H3,(H,33,38)(H,36,37)/t28-,29+,31+/m1/s1. The Kier molecular flexibility index (Phi) is 8.14. The number of benzene rings is 3. The number of aliphatic carboxylic acids is 1. The number of hydrogen-bond donors (Lipinski definition) is 2. The number of urea groups is 1. The number of methoxy groups -OCH3 is 1. The minimum Gasteiger partial charge on any atom is -0.497 e. The number of fused-ring (bicyclic) bond motifs is 1. The number of rotatable bonds is 5. The molecule has 0 aromatic heterocycles. The molecule has 2 saturated heterocycles. The van der Waals surface area contributed by atoms with Crippen molar-refractivity contribution >= 4 is 17.7 Å². The summed E-state index contributed by atoms with van der Waals surface area (Å²) in [7, 11) is 1.61. The fourth-order valence-electron chi connectivity index (χ4n) is 5.66. The quantitative estimate of drug-likeness (QED) is 0.458. The van der Waals surface area contributed by atoms with Crippen molar-refractivity contribution in [3.63, 3.8) is 0 Å². The highest BCUT2D eigenvalue weighted by Gasteiger charge is 2.50. The van der Waals surface area contributed by atoms with Crippen LogP contribution in [-0.4, -0.2) is 65.7 Å². The average Bonchev–Trinajstić information content (AvgIpc) is 2.94. The Morgan fingerprint density at radius 1 is 0.923 bits per heavy atom. The molecule has 2 N–H and O–H groups in total. The second-order valence-electron chi connectivity index (χ2n) is 10.0. The zero-order chi connectivity index (χ0) is 27.2. The number of anilines is 1. The van der Waals surface area contributed by atoms with Crippen LogP contribution < -0.4 is 10.1 Å². The maximum absolute atomic E-state index is 13.3. The highest BCUT2D eigenvalue weighted by Crippen LogP contribution is 2.43. The number of carboxylic acid groups (broad SMARTS) is 1. The van der Waals surface area contributed by atoms with Gasteiger partial charge in [-0.15, -0.1) is 0 Å². The van der Waals surface area contributed by atoms with E-state index < -0.39 is 5.97 Å². The molecule has 2 aliphatic rings. The van der Waals surface area contributed by atoms with E-state index in [4.69, 9.17) is 4.74 Å². The van der Waals surface area contributed by atoms with Crippen molar-refractivity contribution in [2.24, 2.45) is 0 Å². The SMILES string of the molecule is COc1ccc(NC(=O)N2CCCCN3[C@H](CC(=O)O)[C@H](c4ccc(C#Cc5ccccc5)cc4)[C@@H]3C2)cc1. The van der Waals surface area contributed by atoms with E-state index >= 15 is 0 Å². The first-order valence-corrected chi connectivity index (χ1v) is 13.4. The lowest BCUT2D eigenvalue weighted by Gasteiger charge is -2.57. The van der Waals surface area contributed by atoms with E-state index in [2.05, 4.69) is 34.2 Å². The van der Waals surface area contributed by atoms with Crippen molar-refractivity contribution in [3.05, 3.63) is 95.6 Å². The van der Waals surface area contributed by atoms with Crippen LogP contribution in [0, 0.1) is 11.8 Å². The van der Waals surface area contributed by atoms with E-state index in [1.54, 1.807) is 7.11 Å². The van der Waals surface area contributed by atoms with E-state index in [1.165, 1.54) is 0 Å². The molecule has 0 spiro atoms. The number of amides is 2. The lowest BCUT2D eigenvalue weighted by Crippen LogP contribution is -2.67. The number of hydrogen-bond acceptors (Lipinski definition) is 4. The first-order valence-electron chi connectivity index (χ1n) is 13.4. The molecule has 3 aromatic rings. The predicted molar refractivity (Wildman–Crippen MR) is 151 cm³/mol. The molecule has 2 aliphatic heterocycles. The number of carbonyl (C=O) groups excluding carboxylic acids is 1. The molecule has 2 heterocycles. The molecule has 0 aliphatic carbocycles. The fourth-order valence-corrected chi connectivity index (χ4v) is 5.66. The summed E-state index contributed by atoms with van der Waals surface area (Å²) in [6.45, 7) is 2.04. The zero-order valence-corrected chi connectivity index (χ0v) is 22.0. The van der Waals surface area contributed by atoms with Crippen LogP contribution in [0.15, 0.2) is 78.9 Å². The third-order valence-corrected chi connectivity index (χ3v) is 7.62. The van der Waals surface area contributed by atoms with Crippen molar-refractivity contribution < 1.29 is 19.4 Å². The van der Waals surface area contributed by atoms with Gasteiger partial charge in [0.2, 0.25) is 0 Å². The average molecular weight is 524 g/mol. The maximum Gasteiger partial charge on any atom is 0.321 e. The third-order valence-electron chi connectivity index (χ3n) is 7.62. The van der Waals surface area contributed by atoms with Gasteiger partial charge in [0.25, 0.3) is 0 Å². The summed E-state index contributed by atoms with van der Waals surface area (Å²) >= 11 is 0. The van der Waals surface area contributed by atoms with Crippen LogP contribution >= 0.6 is 0 Å². The molecule has 0 unspecified atom stereocenters. The van der Waals surface area contributed by atoms with Gasteiger partial charge in [-0.3, -0.25) is 9.69 Å². The van der Waals surface area contributed by atoms with Gasteiger partial charge in [-0.05, 0) is 73.5 Å². The van der Waals surface area contributed by atoms with Gasteiger partial charge < -0.3 is 20.1 Å². The topological polar surface area (TPSA) is 82.1 Å². The van der Waals surface area contributed by atoms with Crippen molar-refractivity contribution in [1.82, 2.24) is 9.80 Å². The number of carboxylic acids is 1. The zero-order valence-electron chi connectivity index (χ0n) is 22.0. The van der Waals surface area contributed by atoms with E-state index in [0.29, 0.717) is 18.8 Å². The molecule has 0 bridgehead atoms. The Morgan fingerprint density at radius 2 is 1.59 bits per heavy atom. The van der Waals surface area contributed by atoms with Crippen molar-refractivity contribution in [1.29, 1.82) is 0 Å². The van der Waals surface area contributed by atoms with Gasteiger partial charge in [-0.25, -0.2) is 4.79 Å². The van der Waals surface area contributed by atoms with Crippen molar-refractivity contribution in [3.8, 4) is 17.6 Å². The van der Waals surface area contributed by atoms with Crippen LogP contribution in [0.25, 0.3) is 0 Å². The number of ether oxygens (including phenoxy) is 1.